The minimum Gasteiger partial charge on any atom is -0.397 e. The van der Waals surface area contributed by atoms with Gasteiger partial charge in [-0.3, -0.25) is 4.79 Å². The summed E-state index contributed by atoms with van der Waals surface area (Å²) in [5, 5.41) is 3.21. The SMILES string of the molecule is CCCCCNc1cc(C(N)=O)ccc1N. The summed E-state index contributed by atoms with van der Waals surface area (Å²) in [5.74, 6) is -0.434. The zero-order valence-corrected chi connectivity index (χ0v) is 9.62. The summed E-state index contributed by atoms with van der Waals surface area (Å²) in [6.45, 7) is 3.02. The van der Waals surface area contributed by atoms with Gasteiger partial charge in [0.1, 0.15) is 0 Å². The van der Waals surface area contributed by atoms with Crippen LogP contribution in [0.2, 0.25) is 0 Å². The number of nitrogens with one attached hydrogen (secondary N) is 1. The molecule has 0 radical (unpaired) electrons. The van der Waals surface area contributed by atoms with Gasteiger partial charge in [0.2, 0.25) is 5.91 Å². The highest BCUT2D eigenvalue weighted by Gasteiger charge is 2.04. The summed E-state index contributed by atoms with van der Waals surface area (Å²) in [7, 11) is 0. The summed E-state index contributed by atoms with van der Waals surface area (Å²) in [6, 6.07) is 5.03. The molecule has 0 heterocycles. The Morgan fingerprint density at radius 1 is 1.38 bits per heavy atom. The fraction of sp³-hybridized carbons (Fsp3) is 0.417. The summed E-state index contributed by atoms with van der Waals surface area (Å²) in [4.78, 5) is 11.0. The second-order valence-electron chi connectivity index (χ2n) is 3.80. The Morgan fingerprint density at radius 2 is 2.12 bits per heavy atom. The van der Waals surface area contributed by atoms with Crippen molar-refractivity contribution in [1.29, 1.82) is 0 Å². The normalized spacial score (nSPS) is 10.1. The van der Waals surface area contributed by atoms with E-state index in [0.29, 0.717) is 11.3 Å². The van der Waals surface area contributed by atoms with Crippen molar-refractivity contribution < 1.29 is 4.79 Å². The number of carbonyl (C=O) groups excluding carboxylic acids is 1. The molecular formula is C12H19N3O. The zero-order valence-electron chi connectivity index (χ0n) is 9.62. The fourth-order valence-electron chi connectivity index (χ4n) is 1.46. The number of hydrogen-bond donors (Lipinski definition) is 3. The monoisotopic (exact) mass is 221 g/mol. The first-order chi connectivity index (χ1) is 7.65. The highest BCUT2D eigenvalue weighted by molar-refractivity contribution is 5.94. The first kappa shape index (κ1) is 12.4. The molecule has 1 rings (SSSR count). The third kappa shape index (κ3) is 3.46. The average molecular weight is 221 g/mol. The van der Waals surface area contributed by atoms with Crippen molar-refractivity contribution >= 4 is 17.3 Å². The van der Waals surface area contributed by atoms with Gasteiger partial charge in [-0.25, -0.2) is 0 Å². The number of anilines is 2. The minimum atomic E-state index is -0.434. The number of benzene rings is 1. The van der Waals surface area contributed by atoms with E-state index in [2.05, 4.69) is 12.2 Å². The van der Waals surface area contributed by atoms with Gasteiger partial charge < -0.3 is 16.8 Å². The Labute approximate surface area is 96.0 Å². The molecule has 0 aliphatic rings. The fourth-order valence-corrected chi connectivity index (χ4v) is 1.46. The molecule has 0 aliphatic heterocycles. The first-order valence-electron chi connectivity index (χ1n) is 5.58. The van der Waals surface area contributed by atoms with E-state index in [1.165, 1.54) is 12.8 Å². The molecule has 88 valence electrons. The van der Waals surface area contributed by atoms with Crippen LogP contribution in [0.4, 0.5) is 11.4 Å². The lowest BCUT2D eigenvalue weighted by Crippen LogP contribution is -2.12. The number of rotatable bonds is 6. The molecule has 4 heteroatoms. The van der Waals surface area contributed by atoms with Crippen LogP contribution in [0.3, 0.4) is 0 Å². The molecule has 0 saturated carbocycles. The molecule has 16 heavy (non-hydrogen) atoms. The van der Waals surface area contributed by atoms with Crippen LogP contribution in [0.15, 0.2) is 18.2 Å². The molecule has 0 bridgehead atoms. The van der Waals surface area contributed by atoms with Crippen LogP contribution < -0.4 is 16.8 Å². The van der Waals surface area contributed by atoms with Gasteiger partial charge in [-0.05, 0) is 24.6 Å². The molecular weight excluding hydrogens is 202 g/mol. The smallest absolute Gasteiger partial charge is 0.248 e. The molecule has 0 fully saturated rings. The molecule has 0 atom stereocenters. The van der Waals surface area contributed by atoms with Crippen LogP contribution in [0.25, 0.3) is 0 Å². The summed E-state index contributed by atoms with van der Waals surface area (Å²) < 4.78 is 0. The van der Waals surface area contributed by atoms with Crippen molar-refractivity contribution in [3.8, 4) is 0 Å². The van der Waals surface area contributed by atoms with Crippen molar-refractivity contribution in [3.05, 3.63) is 23.8 Å². The van der Waals surface area contributed by atoms with Crippen molar-refractivity contribution in [1.82, 2.24) is 0 Å². The van der Waals surface area contributed by atoms with E-state index in [1.54, 1.807) is 18.2 Å². The lowest BCUT2D eigenvalue weighted by molar-refractivity contribution is 0.100. The van der Waals surface area contributed by atoms with Crippen LogP contribution >= 0.6 is 0 Å². The molecule has 4 nitrogen and oxygen atoms in total. The van der Waals surface area contributed by atoms with E-state index in [0.717, 1.165) is 18.7 Å². The number of carbonyl (C=O) groups is 1. The molecule has 0 spiro atoms. The molecule has 1 amide bonds. The van der Waals surface area contributed by atoms with Crippen molar-refractivity contribution in [2.45, 2.75) is 26.2 Å². The Hall–Kier alpha value is -1.71. The molecule has 5 N–H and O–H groups in total. The van der Waals surface area contributed by atoms with Gasteiger partial charge in [0.05, 0.1) is 11.4 Å². The van der Waals surface area contributed by atoms with E-state index in [1.807, 2.05) is 0 Å². The number of hydrogen-bond acceptors (Lipinski definition) is 3. The van der Waals surface area contributed by atoms with E-state index in [-0.39, 0.29) is 0 Å². The zero-order chi connectivity index (χ0) is 12.0. The predicted molar refractivity (Wildman–Crippen MR) is 67.4 cm³/mol. The molecule has 0 saturated heterocycles. The van der Waals surface area contributed by atoms with Crippen molar-refractivity contribution in [3.63, 3.8) is 0 Å². The second-order valence-corrected chi connectivity index (χ2v) is 3.80. The molecule has 1 aromatic rings. The maximum absolute atomic E-state index is 11.0. The Bertz CT molecular complexity index is 363. The van der Waals surface area contributed by atoms with Gasteiger partial charge in [-0.2, -0.15) is 0 Å². The van der Waals surface area contributed by atoms with E-state index < -0.39 is 5.91 Å². The lowest BCUT2D eigenvalue weighted by Gasteiger charge is -2.09. The third-order valence-corrected chi connectivity index (χ3v) is 2.43. The number of primary amides is 1. The van der Waals surface area contributed by atoms with Crippen LogP contribution in [0.1, 0.15) is 36.5 Å². The minimum absolute atomic E-state index is 0.434. The second kappa shape index (κ2) is 6.00. The van der Waals surface area contributed by atoms with Crippen LogP contribution in [0, 0.1) is 0 Å². The molecule has 1 aromatic carbocycles. The van der Waals surface area contributed by atoms with Gasteiger partial charge >= 0.3 is 0 Å². The number of amides is 1. The maximum Gasteiger partial charge on any atom is 0.248 e. The van der Waals surface area contributed by atoms with Crippen LogP contribution in [-0.2, 0) is 0 Å². The van der Waals surface area contributed by atoms with Gasteiger partial charge in [0.15, 0.2) is 0 Å². The highest BCUT2D eigenvalue weighted by atomic mass is 16.1. The van der Waals surface area contributed by atoms with Gasteiger partial charge in [0, 0.05) is 12.1 Å². The summed E-state index contributed by atoms with van der Waals surface area (Å²) >= 11 is 0. The van der Waals surface area contributed by atoms with Gasteiger partial charge in [-0.15, -0.1) is 0 Å². The number of nitrogens with two attached hydrogens (primary N) is 2. The highest BCUT2D eigenvalue weighted by Crippen LogP contribution is 2.19. The summed E-state index contributed by atoms with van der Waals surface area (Å²) in [6.07, 6.45) is 3.46. The topological polar surface area (TPSA) is 81.1 Å². The Balaban J connectivity index is 2.63. The van der Waals surface area contributed by atoms with Crippen molar-refractivity contribution in [2.24, 2.45) is 5.73 Å². The van der Waals surface area contributed by atoms with E-state index in [9.17, 15) is 4.79 Å². The number of nitrogen functional groups attached to an aromatic ring is 1. The van der Waals surface area contributed by atoms with Crippen LogP contribution in [-0.4, -0.2) is 12.5 Å². The number of unbranched alkanes of at least 4 members (excludes halogenated alkanes) is 2. The quantitative estimate of drug-likeness (QED) is 0.507. The lowest BCUT2D eigenvalue weighted by atomic mass is 10.1. The first-order valence-corrected chi connectivity index (χ1v) is 5.58. The van der Waals surface area contributed by atoms with Gasteiger partial charge in [-0.1, -0.05) is 19.8 Å². The Morgan fingerprint density at radius 3 is 2.75 bits per heavy atom. The van der Waals surface area contributed by atoms with Crippen LogP contribution in [0.5, 0.6) is 0 Å². The standard InChI is InChI=1S/C12H19N3O/c1-2-3-4-7-15-11-8-9(12(14)16)5-6-10(11)13/h5-6,8,15H,2-4,7,13H2,1H3,(H2,14,16). The predicted octanol–water partition coefficient (Wildman–Crippen LogP) is 1.97. The summed E-state index contributed by atoms with van der Waals surface area (Å²) in [5.41, 5.74) is 12.9. The molecule has 0 unspecified atom stereocenters. The van der Waals surface area contributed by atoms with E-state index in [4.69, 9.17) is 11.5 Å². The van der Waals surface area contributed by atoms with Crippen molar-refractivity contribution in [2.75, 3.05) is 17.6 Å². The van der Waals surface area contributed by atoms with Gasteiger partial charge in [0.25, 0.3) is 0 Å². The maximum atomic E-state index is 11.0. The molecule has 0 aliphatic carbocycles. The Kier molecular flexibility index (Phi) is 4.64. The average Bonchev–Trinajstić information content (AvgIpc) is 2.26. The third-order valence-electron chi connectivity index (χ3n) is 2.43. The largest absolute Gasteiger partial charge is 0.397 e. The van der Waals surface area contributed by atoms with E-state index >= 15 is 0 Å². The molecule has 0 aromatic heterocycles.